The number of nitrogens with two attached hydrogens (primary N) is 1. The van der Waals surface area contributed by atoms with Crippen LogP contribution >= 0.6 is 10.8 Å². The van der Waals surface area contributed by atoms with Gasteiger partial charge in [0.1, 0.15) is 6.04 Å². The predicted octanol–water partition coefficient (Wildman–Crippen LogP) is -0.732. The molecule has 0 amide bonds. The lowest BCUT2D eigenvalue weighted by molar-refractivity contribution is -0.137. The van der Waals surface area contributed by atoms with Crippen molar-refractivity contribution in [2.75, 3.05) is 5.75 Å². The number of carboxylic acids is 1. The van der Waals surface area contributed by atoms with Crippen molar-refractivity contribution in [2.24, 2.45) is 5.73 Å². The van der Waals surface area contributed by atoms with Crippen molar-refractivity contribution in [3.8, 4) is 0 Å². The molecule has 0 aliphatic heterocycles. The fraction of sp³-hybridized carbons (Fsp3) is 0.667. The topological polar surface area (TPSA) is 101 Å². The Morgan fingerprint density at radius 2 is 2.30 bits per heavy atom. The zero-order valence-corrected chi connectivity index (χ0v) is 6.52. The molecule has 5 nitrogen and oxygen atoms in total. The maximum absolute atomic E-state index is 9.99. The maximum atomic E-state index is 9.99. The van der Waals surface area contributed by atoms with E-state index in [2.05, 4.69) is 0 Å². The lowest BCUT2D eigenvalue weighted by atomic mass is 10.4. The fourth-order valence-electron chi connectivity index (χ4n) is 0.203. The minimum Gasteiger partial charge on any atom is -0.480 e. The minimum atomic E-state index is -2.03. The van der Waals surface area contributed by atoms with Gasteiger partial charge in [0.25, 0.3) is 0 Å². The zero-order valence-electron chi connectivity index (χ0n) is 4.89. The summed E-state index contributed by atoms with van der Waals surface area (Å²) in [5.41, 5.74) is 5.00. The molecular weight excluding hydrogens is 178 g/mol. The summed E-state index contributed by atoms with van der Waals surface area (Å²) < 4.78 is 18.1. The summed E-state index contributed by atoms with van der Waals surface area (Å²) in [6, 6.07) is -1.07. The molecule has 60 valence electrons. The molecule has 0 spiro atoms. The monoisotopic (exact) mass is 185 g/mol. The maximum Gasteiger partial charge on any atom is 0.321 e. The van der Waals surface area contributed by atoms with Crippen molar-refractivity contribution in [3.05, 3.63) is 0 Å². The van der Waals surface area contributed by atoms with Crippen molar-refractivity contribution in [1.29, 1.82) is 0 Å². The average molecular weight is 185 g/mol. The van der Waals surface area contributed by atoms with Gasteiger partial charge in [-0.3, -0.25) is 9.35 Å². The summed E-state index contributed by atoms with van der Waals surface area (Å²) in [5, 5.41) is 8.18. The van der Waals surface area contributed by atoms with Crippen LogP contribution in [0.4, 0.5) is 0 Å². The van der Waals surface area contributed by atoms with Crippen molar-refractivity contribution in [3.63, 3.8) is 0 Å². The number of aliphatic carboxylic acids is 1. The Kier molecular flexibility index (Phi) is 4.62. The Morgan fingerprint density at radius 1 is 1.80 bits per heavy atom. The van der Waals surface area contributed by atoms with Gasteiger partial charge in [0.05, 0.1) is 0 Å². The molecule has 10 heavy (non-hydrogen) atoms. The van der Waals surface area contributed by atoms with Crippen molar-refractivity contribution in [1.82, 2.24) is 0 Å². The number of carbonyl (C=O) groups is 1. The molecular formula is C3H7NO4S2. The summed E-state index contributed by atoms with van der Waals surface area (Å²) in [6.07, 6.45) is 0. The van der Waals surface area contributed by atoms with Gasteiger partial charge in [0.2, 0.25) is 10.1 Å². The molecule has 0 aliphatic rings. The van der Waals surface area contributed by atoms with Crippen LogP contribution in [0.5, 0.6) is 0 Å². The molecule has 0 saturated carbocycles. The third-order valence-electron chi connectivity index (χ3n) is 0.666. The van der Waals surface area contributed by atoms with E-state index in [1.165, 1.54) is 0 Å². The summed E-state index contributed by atoms with van der Waals surface area (Å²) in [6.45, 7) is 0. The Morgan fingerprint density at radius 3 is 2.60 bits per heavy atom. The number of hydrogen-bond donors (Lipinski definition) is 3. The highest BCUT2D eigenvalue weighted by molar-refractivity contribution is 8.67. The normalized spacial score (nSPS) is 16.2. The highest BCUT2D eigenvalue weighted by Gasteiger charge is 2.12. The van der Waals surface area contributed by atoms with Gasteiger partial charge in [-0.15, -0.1) is 0 Å². The van der Waals surface area contributed by atoms with Gasteiger partial charge in [-0.1, -0.05) is 0 Å². The molecule has 0 fully saturated rings. The van der Waals surface area contributed by atoms with Crippen LogP contribution in [0, 0.1) is 0 Å². The number of hydrogen-bond acceptors (Lipinski definition) is 4. The van der Waals surface area contributed by atoms with Crippen LogP contribution < -0.4 is 5.73 Å². The largest absolute Gasteiger partial charge is 0.480 e. The molecule has 0 aromatic rings. The van der Waals surface area contributed by atoms with Gasteiger partial charge >= 0.3 is 5.97 Å². The van der Waals surface area contributed by atoms with E-state index in [1.807, 2.05) is 0 Å². The van der Waals surface area contributed by atoms with Crippen LogP contribution in [0.15, 0.2) is 0 Å². The smallest absolute Gasteiger partial charge is 0.321 e. The highest BCUT2D eigenvalue weighted by Crippen LogP contribution is 2.04. The quantitative estimate of drug-likeness (QED) is 0.394. The molecule has 2 atom stereocenters. The Hall–Kier alpha value is -0.110. The summed E-state index contributed by atoms with van der Waals surface area (Å²) in [5.74, 6) is -1.23. The number of carboxylic acid groups (broad SMARTS) is 1. The van der Waals surface area contributed by atoms with Crippen LogP contribution in [0.2, 0.25) is 0 Å². The van der Waals surface area contributed by atoms with E-state index in [1.54, 1.807) is 0 Å². The predicted molar refractivity (Wildman–Crippen MR) is 38.8 cm³/mol. The van der Waals surface area contributed by atoms with Crippen LogP contribution in [-0.2, 0) is 14.9 Å². The van der Waals surface area contributed by atoms with E-state index >= 15 is 0 Å². The SMILES string of the molecule is N[C@@H](CSS(=O)O)C(=O)O. The third-order valence-corrected chi connectivity index (χ3v) is 2.38. The first-order valence-corrected chi connectivity index (χ1v) is 4.87. The van der Waals surface area contributed by atoms with E-state index in [0.717, 1.165) is 0 Å². The first-order chi connectivity index (χ1) is 4.54. The third kappa shape index (κ3) is 4.74. The molecule has 0 aliphatic carbocycles. The van der Waals surface area contributed by atoms with Crippen LogP contribution in [0.3, 0.4) is 0 Å². The second-order valence-electron chi connectivity index (χ2n) is 1.45. The Balaban J connectivity index is 3.49. The summed E-state index contributed by atoms with van der Waals surface area (Å²) in [4.78, 5) is 9.99. The van der Waals surface area contributed by atoms with Gasteiger partial charge in [-0.05, 0) is 10.8 Å². The van der Waals surface area contributed by atoms with Crippen molar-refractivity contribution < 1.29 is 18.7 Å². The molecule has 0 aromatic heterocycles. The molecule has 0 bridgehead atoms. The molecule has 0 rings (SSSR count). The molecule has 7 heteroatoms. The number of rotatable bonds is 4. The van der Waals surface area contributed by atoms with Gasteiger partial charge in [-0.2, -0.15) is 0 Å². The summed E-state index contributed by atoms with van der Waals surface area (Å²) in [7, 11) is -1.44. The van der Waals surface area contributed by atoms with E-state index < -0.39 is 22.1 Å². The van der Waals surface area contributed by atoms with Crippen LogP contribution in [0.25, 0.3) is 0 Å². The lowest BCUT2D eigenvalue weighted by Crippen LogP contribution is -2.32. The van der Waals surface area contributed by atoms with Gasteiger partial charge in [0, 0.05) is 5.75 Å². The Labute approximate surface area is 63.7 Å². The molecule has 1 unspecified atom stereocenters. The van der Waals surface area contributed by atoms with E-state index in [9.17, 15) is 9.00 Å². The lowest BCUT2D eigenvalue weighted by Gasteiger charge is -2.01. The van der Waals surface area contributed by atoms with Crippen LogP contribution in [0.1, 0.15) is 0 Å². The highest BCUT2D eigenvalue weighted by atomic mass is 33.1. The molecule has 0 saturated heterocycles. The van der Waals surface area contributed by atoms with Crippen molar-refractivity contribution in [2.45, 2.75) is 6.04 Å². The van der Waals surface area contributed by atoms with Crippen LogP contribution in [-0.4, -0.2) is 31.6 Å². The zero-order chi connectivity index (χ0) is 8.15. The summed E-state index contributed by atoms with van der Waals surface area (Å²) >= 11 is 0. The van der Waals surface area contributed by atoms with Crippen molar-refractivity contribution >= 4 is 26.9 Å². The standard InChI is InChI=1S/C3H7NO4S2/c4-2(3(5)6)1-9-10(7)8/h2H,1,4H2,(H,5,6)(H,7,8)/t2-/m0/s1. The second-order valence-corrected chi connectivity index (χ2v) is 4.01. The van der Waals surface area contributed by atoms with E-state index in [4.69, 9.17) is 15.4 Å². The van der Waals surface area contributed by atoms with Gasteiger partial charge in [0.15, 0.2) is 0 Å². The van der Waals surface area contributed by atoms with E-state index in [0.29, 0.717) is 10.8 Å². The molecule has 0 heterocycles. The fourth-order valence-corrected chi connectivity index (χ4v) is 1.40. The van der Waals surface area contributed by atoms with Gasteiger partial charge in [-0.25, -0.2) is 4.21 Å². The van der Waals surface area contributed by atoms with E-state index in [-0.39, 0.29) is 5.75 Å². The van der Waals surface area contributed by atoms with Gasteiger partial charge < -0.3 is 10.8 Å². The molecule has 0 aromatic carbocycles. The minimum absolute atomic E-state index is 0.0571. The average Bonchev–Trinajstić information content (AvgIpc) is 1.82. The first kappa shape index (κ1) is 9.89. The second kappa shape index (κ2) is 4.67. The molecule has 4 N–H and O–H groups in total. The Bertz CT molecular complexity index is 149. The first-order valence-electron chi connectivity index (χ1n) is 2.26. The molecule has 0 radical (unpaired) electrons.